The number of hydrogen-bond acceptors (Lipinski definition) is 2. The molecule has 0 aliphatic rings. The maximum atomic E-state index is 13.7. The Kier molecular flexibility index (Phi) is 3.87. The molecular formula is C14H13Cl2FN4. The first-order valence-electron chi connectivity index (χ1n) is 6.47. The molecule has 0 saturated heterocycles. The van der Waals surface area contributed by atoms with Gasteiger partial charge in [0.25, 0.3) is 0 Å². The molecule has 0 atom stereocenters. The maximum Gasteiger partial charge on any atom is 0.144 e. The lowest BCUT2D eigenvalue weighted by Gasteiger charge is -2.06. The summed E-state index contributed by atoms with van der Waals surface area (Å²) in [6.07, 6.45) is 2.61. The van der Waals surface area contributed by atoms with Gasteiger partial charge in [-0.3, -0.25) is 4.68 Å². The molecule has 1 aromatic carbocycles. The van der Waals surface area contributed by atoms with Crippen LogP contribution in [0.1, 0.15) is 11.5 Å². The Morgan fingerprint density at radius 1 is 1.33 bits per heavy atom. The Labute approximate surface area is 131 Å². The zero-order valence-corrected chi connectivity index (χ0v) is 12.9. The summed E-state index contributed by atoms with van der Waals surface area (Å²) < 4.78 is 17.4. The number of alkyl halides is 1. The van der Waals surface area contributed by atoms with Crippen LogP contribution < -0.4 is 0 Å². The summed E-state index contributed by atoms with van der Waals surface area (Å²) in [5, 5.41) is 4.40. The number of rotatable bonds is 4. The van der Waals surface area contributed by atoms with E-state index in [2.05, 4.69) is 10.1 Å². The zero-order valence-electron chi connectivity index (χ0n) is 11.4. The second-order valence-corrected chi connectivity index (χ2v) is 5.47. The molecule has 0 radical (unpaired) electrons. The number of halogens is 3. The molecule has 110 valence electrons. The van der Waals surface area contributed by atoms with Crippen molar-refractivity contribution >= 4 is 34.2 Å². The predicted octanol–water partition coefficient (Wildman–Crippen LogP) is 3.54. The van der Waals surface area contributed by atoms with Gasteiger partial charge in [0.15, 0.2) is 0 Å². The van der Waals surface area contributed by atoms with Crippen molar-refractivity contribution in [2.24, 2.45) is 7.05 Å². The van der Waals surface area contributed by atoms with Gasteiger partial charge < -0.3 is 4.57 Å². The Bertz CT molecular complexity index is 794. The average Bonchev–Trinajstić information content (AvgIpc) is 3.01. The van der Waals surface area contributed by atoms with E-state index < -0.39 is 5.82 Å². The van der Waals surface area contributed by atoms with Gasteiger partial charge in [0.2, 0.25) is 0 Å². The van der Waals surface area contributed by atoms with E-state index in [1.54, 1.807) is 4.68 Å². The zero-order chi connectivity index (χ0) is 15.0. The van der Waals surface area contributed by atoms with Gasteiger partial charge in [-0.15, -0.1) is 11.6 Å². The second-order valence-electron chi connectivity index (χ2n) is 4.80. The first-order chi connectivity index (χ1) is 10.1. The van der Waals surface area contributed by atoms with Crippen molar-refractivity contribution in [1.82, 2.24) is 19.3 Å². The van der Waals surface area contributed by atoms with E-state index in [0.717, 1.165) is 12.1 Å². The fraction of sp³-hybridized carbons (Fsp3) is 0.286. The van der Waals surface area contributed by atoms with E-state index in [4.69, 9.17) is 23.2 Å². The second kappa shape index (κ2) is 5.66. The van der Waals surface area contributed by atoms with Crippen LogP contribution in [0.25, 0.3) is 11.0 Å². The first-order valence-corrected chi connectivity index (χ1v) is 7.38. The molecule has 0 spiro atoms. The lowest BCUT2D eigenvalue weighted by atomic mass is 10.2. The number of fused-ring (bicyclic) bond motifs is 1. The number of imidazole rings is 1. The van der Waals surface area contributed by atoms with E-state index in [1.807, 2.05) is 23.9 Å². The summed E-state index contributed by atoms with van der Waals surface area (Å²) in [4.78, 5) is 4.40. The number of aromatic nitrogens is 4. The largest absolute Gasteiger partial charge is 0.326 e. The number of hydrogen-bond donors (Lipinski definition) is 0. The van der Waals surface area contributed by atoms with Gasteiger partial charge in [-0.25, -0.2) is 9.37 Å². The van der Waals surface area contributed by atoms with Crippen molar-refractivity contribution < 1.29 is 4.39 Å². The third-order valence-corrected chi connectivity index (χ3v) is 3.88. The van der Waals surface area contributed by atoms with Crippen LogP contribution in [0.15, 0.2) is 24.4 Å². The van der Waals surface area contributed by atoms with Gasteiger partial charge in [-0.2, -0.15) is 5.10 Å². The smallest absolute Gasteiger partial charge is 0.144 e. The van der Waals surface area contributed by atoms with E-state index in [-0.39, 0.29) is 10.9 Å². The average molecular weight is 327 g/mol. The molecule has 0 bridgehead atoms. The highest BCUT2D eigenvalue weighted by Gasteiger charge is 2.13. The van der Waals surface area contributed by atoms with Crippen LogP contribution in [0.5, 0.6) is 0 Å². The minimum Gasteiger partial charge on any atom is -0.326 e. The fourth-order valence-corrected chi connectivity index (χ4v) is 2.71. The van der Waals surface area contributed by atoms with Crippen LogP contribution >= 0.6 is 23.2 Å². The molecule has 0 amide bonds. The molecule has 0 aliphatic heterocycles. The van der Waals surface area contributed by atoms with Gasteiger partial charge in [-0.05, 0) is 12.1 Å². The monoisotopic (exact) mass is 326 g/mol. The summed E-state index contributed by atoms with van der Waals surface area (Å²) in [6.45, 7) is 0.636. The van der Waals surface area contributed by atoms with Crippen LogP contribution in [0.3, 0.4) is 0 Å². The lowest BCUT2D eigenvalue weighted by Crippen LogP contribution is -2.06. The Balaban J connectivity index is 1.97. The molecule has 0 aliphatic carbocycles. The van der Waals surface area contributed by atoms with Crippen molar-refractivity contribution in [2.75, 3.05) is 0 Å². The molecule has 4 nitrogen and oxygen atoms in total. The minimum absolute atomic E-state index is 0.0676. The highest BCUT2D eigenvalue weighted by atomic mass is 35.5. The predicted molar refractivity (Wildman–Crippen MR) is 81.2 cm³/mol. The van der Waals surface area contributed by atoms with Crippen LogP contribution in [0, 0.1) is 5.82 Å². The molecule has 0 saturated carbocycles. The molecular weight excluding hydrogens is 314 g/mol. The molecule has 0 N–H and O–H groups in total. The Morgan fingerprint density at radius 3 is 2.81 bits per heavy atom. The van der Waals surface area contributed by atoms with Crippen molar-refractivity contribution in [3.63, 3.8) is 0 Å². The Hall–Kier alpha value is -1.59. The van der Waals surface area contributed by atoms with Gasteiger partial charge in [0, 0.05) is 32.3 Å². The highest BCUT2D eigenvalue weighted by molar-refractivity contribution is 6.31. The summed E-state index contributed by atoms with van der Waals surface area (Å²) in [6, 6.07) is 4.88. The topological polar surface area (TPSA) is 35.6 Å². The SMILES string of the molecule is Cn1ccc(CCn2c(CCl)nc3cc(Cl)c(F)cc32)n1. The third-order valence-electron chi connectivity index (χ3n) is 3.35. The van der Waals surface area contributed by atoms with E-state index in [0.29, 0.717) is 23.4 Å². The van der Waals surface area contributed by atoms with Gasteiger partial charge in [0.1, 0.15) is 11.6 Å². The van der Waals surface area contributed by atoms with Gasteiger partial charge >= 0.3 is 0 Å². The molecule has 0 unspecified atom stereocenters. The lowest BCUT2D eigenvalue weighted by molar-refractivity contribution is 0.626. The van der Waals surface area contributed by atoms with Crippen LogP contribution in [0.2, 0.25) is 5.02 Å². The summed E-state index contributed by atoms with van der Waals surface area (Å²) in [5.41, 5.74) is 2.32. The molecule has 2 aromatic heterocycles. The molecule has 3 aromatic rings. The highest BCUT2D eigenvalue weighted by Crippen LogP contribution is 2.24. The standard InChI is InChI=1S/C14H13Cl2FN4/c1-20-4-2-9(19-20)3-5-21-13-7-11(17)10(16)6-12(13)18-14(21)8-15/h2,4,6-7H,3,5,8H2,1H3. The number of benzene rings is 1. The molecule has 0 fully saturated rings. The summed E-state index contributed by atoms with van der Waals surface area (Å²) in [7, 11) is 1.87. The van der Waals surface area contributed by atoms with Crippen LogP contribution in [-0.2, 0) is 25.9 Å². The number of nitrogens with zero attached hydrogens (tertiary/aromatic N) is 4. The van der Waals surface area contributed by atoms with E-state index >= 15 is 0 Å². The van der Waals surface area contributed by atoms with Crippen molar-refractivity contribution in [3.8, 4) is 0 Å². The molecule has 3 rings (SSSR count). The van der Waals surface area contributed by atoms with Crippen LogP contribution in [0.4, 0.5) is 4.39 Å². The molecule has 7 heteroatoms. The maximum absolute atomic E-state index is 13.7. The normalized spacial score (nSPS) is 11.4. The van der Waals surface area contributed by atoms with E-state index in [9.17, 15) is 4.39 Å². The van der Waals surface area contributed by atoms with Gasteiger partial charge in [-0.1, -0.05) is 11.6 Å². The third kappa shape index (κ3) is 2.76. The summed E-state index contributed by atoms with van der Waals surface area (Å²) in [5.74, 6) is 0.504. The van der Waals surface area contributed by atoms with Gasteiger partial charge in [0.05, 0.1) is 27.6 Å². The van der Waals surface area contributed by atoms with Crippen molar-refractivity contribution in [3.05, 3.63) is 46.8 Å². The Morgan fingerprint density at radius 2 is 2.14 bits per heavy atom. The van der Waals surface area contributed by atoms with E-state index in [1.165, 1.54) is 12.1 Å². The molecule has 2 heterocycles. The van der Waals surface area contributed by atoms with Crippen molar-refractivity contribution in [2.45, 2.75) is 18.8 Å². The fourth-order valence-electron chi connectivity index (χ4n) is 2.34. The molecule has 21 heavy (non-hydrogen) atoms. The first kappa shape index (κ1) is 14.4. The van der Waals surface area contributed by atoms with Crippen molar-refractivity contribution in [1.29, 1.82) is 0 Å². The van der Waals surface area contributed by atoms with Crippen LogP contribution in [-0.4, -0.2) is 19.3 Å². The summed E-state index contributed by atoms with van der Waals surface area (Å²) >= 11 is 11.7. The minimum atomic E-state index is -0.454. The number of aryl methyl sites for hydroxylation is 3. The quantitative estimate of drug-likeness (QED) is 0.687.